The van der Waals surface area contributed by atoms with Crippen molar-refractivity contribution in [3.63, 3.8) is 0 Å². The molecule has 2 unspecified atom stereocenters. The van der Waals surface area contributed by atoms with Crippen molar-refractivity contribution in [2.45, 2.75) is 57.4 Å². The predicted molar refractivity (Wildman–Crippen MR) is 67.3 cm³/mol. The lowest BCUT2D eigenvalue weighted by Crippen LogP contribution is -2.49. The molecule has 2 saturated carbocycles. The molecule has 0 amide bonds. The molecule has 16 heavy (non-hydrogen) atoms. The first-order chi connectivity index (χ1) is 7.83. The Morgan fingerprint density at radius 3 is 2.56 bits per heavy atom. The second-order valence-electron chi connectivity index (χ2n) is 6.43. The maximum Gasteiger partial charge on any atom is 0.0124 e. The quantitative estimate of drug-likeness (QED) is 0.794. The molecule has 1 heterocycles. The Labute approximate surface area is 99.6 Å². The summed E-state index contributed by atoms with van der Waals surface area (Å²) >= 11 is 0. The van der Waals surface area contributed by atoms with Crippen LogP contribution in [0.15, 0.2) is 0 Å². The van der Waals surface area contributed by atoms with Gasteiger partial charge >= 0.3 is 0 Å². The standard InChI is InChI=1S/C14H26N2/c15-10-14(7-3-8-14)11-16-9-6-12-4-1-2-5-13(12)16/h12-13H,1-11,15H2. The van der Waals surface area contributed by atoms with Crippen LogP contribution in [0.25, 0.3) is 0 Å². The summed E-state index contributed by atoms with van der Waals surface area (Å²) in [6.45, 7) is 3.59. The lowest BCUT2D eigenvalue weighted by Gasteiger charge is -2.45. The van der Waals surface area contributed by atoms with Crippen molar-refractivity contribution < 1.29 is 0 Å². The number of rotatable bonds is 3. The van der Waals surface area contributed by atoms with Gasteiger partial charge in [0.15, 0.2) is 0 Å². The van der Waals surface area contributed by atoms with E-state index in [2.05, 4.69) is 4.90 Å². The zero-order valence-electron chi connectivity index (χ0n) is 10.5. The molecule has 2 N–H and O–H groups in total. The summed E-state index contributed by atoms with van der Waals surface area (Å²) in [6.07, 6.45) is 11.6. The second-order valence-corrected chi connectivity index (χ2v) is 6.43. The van der Waals surface area contributed by atoms with Crippen molar-refractivity contribution in [1.82, 2.24) is 4.90 Å². The van der Waals surface area contributed by atoms with Crippen LogP contribution in [0.3, 0.4) is 0 Å². The van der Waals surface area contributed by atoms with Crippen LogP contribution in [0.2, 0.25) is 0 Å². The molecule has 0 bridgehead atoms. The van der Waals surface area contributed by atoms with Crippen LogP contribution in [0.1, 0.15) is 51.4 Å². The summed E-state index contributed by atoms with van der Waals surface area (Å²) in [5, 5.41) is 0. The molecule has 0 aromatic carbocycles. The van der Waals surface area contributed by atoms with Gasteiger partial charge in [0, 0.05) is 12.6 Å². The maximum absolute atomic E-state index is 5.99. The van der Waals surface area contributed by atoms with E-state index in [-0.39, 0.29) is 0 Å². The fourth-order valence-corrected chi connectivity index (χ4v) is 4.23. The summed E-state index contributed by atoms with van der Waals surface area (Å²) in [5.41, 5.74) is 6.51. The molecular weight excluding hydrogens is 196 g/mol. The van der Waals surface area contributed by atoms with Gasteiger partial charge in [0.05, 0.1) is 0 Å². The van der Waals surface area contributed by atoms with E-state index in [0.717, 1.165) is 18.5 Å². The van der Waals surface area contributed by atoms with Crippen LogP contribution < -0.4 is 5.73 Å². The lowest BCUT2D eigenvalue weighted by atomic mass is 9.68. The lowest BCUT2D eigenvalue weighted by molar-refractivity contribution is 0.0553. The Morgan fingerprint density at radius 1 is 1.06 bits per heavy atom. The highest BCUT2D eigenvalue weighted by Crippen LogP contribution is 2.44. The first-order valence-electron chi connectivity index (χ1n) is 7.27. The van der Waals surface area contributed by atoms with E-state index in [1.165, 1.54) is 64.5 Å². The molecule has 2 nitrogen and oxygen atoms in total. The third-order valence-corrected chi connectivity index (χ3v) is 5.51. The van der Waals surface area contributed by atoms with Crippen molar-refractivity contribution in [3.05, 3.63) is 0 Å². The van der Waals surface area contributed by atoms with Crippen LogP contribution in [0.5, 0.6) is 0 Å². The molecule has 0 spiro atoms. The molecular formula is C14H26N2. The fourth-order valence-electron chi connectivity index (χ4n) is 4.23. The van der Waals surface area contributed by atoms with E-state index in [0.29, 0.717) is 5.41 Å². The van der Waals surface area contributed by atoms with Crippen molar-refractivity contribution >= 4 is 0 Å². The van der Waals surface area contributed by atoms with Crippen molar-refractivity contribution in [1.29, 1.82) is 0 Å². The van der Waals surface area contributed by atoms with Gasteiger partial charge in [0.1, 0.15) is 0 Å². The van der Waals surface area contributed by atoms with Crippen molar-refractivity contribution in [2.24, 2.45) is 17.1 Å². The molecule has 0 aromatic heterocycles. The Kier molecular flexibility index (Phi) is 2.97. The maximum atomic E-state index is 5.99. The van der Waals surface area contributed by atoms with Crippen molar-refractivity contribution in [2.75, 3.05) is 19.6 Å². The van der Waals surface area contributed by atoms with Crippen molar-refractivity contribution in [3.8, 4) is 0 Å². The first kappa shape index (κ1) is 11.0. The second kappa shape index (κ2) is 4.30. The van der Waals surface area contributed by atoms with E-state index < -0.39 is 0 Å². The molecule has 0 radical (unpaired) electrons. The molecule has 1 aliphatic heterocycles. The van der Waals surface area contributed by atoms with E-state index >= 15 is 0 Å². The van der Waals surface area contributed by atoms with Gasteiger partial charge in [-0.1, -0.05) is 19.3 Å². The van der Waals surface area contributed by atoms with Crippen LogP contribution in [-0.2, 0) is 0 Å². The molecule has 2 aliphatic carbocycles. The molecule has 2 atom stereocenters. The van der Waals surface area contributed by atoms with Gasteiger partial charge in [-0.15, -0.1) is 0 Å². The first-order valence-corrected chi connectivity index (χ1v) is 7.27. The average Bonchev–Trinajstić information content (AvgIpc) is 2.67. The van der Waals surface area contributed by atoms with E-state index in [4.69, 9.17) is 5.73 Å². The number of fused-ring (bicyclic) bond motifs is 1. The summed E-state index contributed by atoms with van der Waals surface area (Å²) < 4.78 is 0. The highest BCUT2D eigenvalue weighted by Gasteiger charge is 2.42. The van der Waals surface area contributed by atoms with Crippen LogP contribution in [0, 0.1) is 11.3 Å². The van der Waals surface area contributed by atoms with Gasteiger partial charge < -0.3 is 5.73 Å². The van der Waals surface area contributed by atoms with Crippen LogP contribution in [-0.4, -0.2) is 30.6 Å². The Hall–Kier alpha value is -0.0800. The highest BCUT2D eigenvalue weighted by atomic mass is 15.2. The van der Waals surface area contributed by atoms with Gasteiger partial charge in [-0.3, -0.25) is 4.90 Å². The Balaban J connectivity index is 1.62. The molecule has 1 saturated heterocycles. The molecule has 2 heteroatoms. The third-order valence-electron chi connectivity index (χ3n) is 5.51. The van der Waals surface area contributed by atoms with Gasteiger partial charge in [-0.25, -0.2) is 0 Å². The SMILES string of the molecule is NCC1(CN2CCC3CCCCC32)CCC1. The fraction of sp³-hybridized carbons (Fsp3) is 1.00. The molecule has 0 aromatic rings. The summed E-state index contributed by atoms with van der Waals surface area (Å²) in [5.74, 6) is 1.03. The zero-order valence-corrected chi connectivity index (χ0v) is 10.5. The van der Waals surface area contributed by atoms with E-state index in [1.807, 2.05) is 0 Å². The summed E-state index contributed by atoms with van der Waals surface area (Å²) in [6, 6.07) is 0.928. The van der Waals surface area contributed by atoms with Gasteiger partial charge in [0.25, 0.3) is 0 Å². The topological polar surface area (TPSA) is 29.3 Å². The van der Waals surface area contributed by atoms with Crippen LogP contribution >= 0.6 is 0 Å². The van der Waals surface area contributed by atoms with E-state index in [9.17, 15) is 0 Å². The Bertz CT molecular complexity index is 242. The van der Waals surface area contributed by atoms with Gasteiger partial charge in [-0.05, 0) is 56.5 Å². The molecule has 92 valence electrons. The third kappa shape index (κ3) is 1.80. The zero-order chi connectivity index (χ0) is 11.0. The largest absolute Gasteiger partial charge is 0.330 e. The summed E-state index contributed by atoms with van der Waals surface area (Å²) in [4.78, 5) is 2.80. The number of hydrogen-bond acceptors (Lipinski definition) is 2. The molecule has 3 aliphatic rings. The minimum atomic E-state index is 0.520. The van der Waals surface area contributed by atoms with Crippen LogP contribution in [0.4, 0.5) is 0 Å². The minimum absolute atomic E-state index is 0.520. The smallest absolute Gasteiger partial charge is 0.0124 e. The number of nitrogens with zero attached hydrogens (tertiary/aromatic N) is 1. The van der Waals surface area contributed by atoms with Gasteiger partial charge in [-0.2, -0.15) is 0 Å². The van der Waals surface area contributed by atoms with Gasteiger partial charge in [0.2, 0.25) is 0 Å². The Morgan fingerprint density at radius 2 is 1.88 bits per heavy atom. The normalized spacial score (nSPS) is 38.1. The molecule has 3 fully saturated rings. The number of hydrogen-bond donors (Lipinski definition) is 1. The van der Waals surface area contributed by atoms with E-state index in [1.54, 1.807) is 0 Å². The number of nitrogens with two attached hydrogens (primary N) is 1. The minimum Gasteiger partial charge on any atom is -0.330 e. The predicted octanol–water partition coefficient (Wildman–Crippen LogP) is 2.38. The number of likely N-dealkylation sites (tertiary alicyclic amines) is 1. The molecule has 3 rings (SSSR count). The summed E-state index contributed by atoms with van der Waals surface area (Å²) in [7, 11) is 0. The average molecular weight is 222 g/mol. The highest BCUT2D eigenvalue weighted by molar-refractivity contribution is 4.97. The monoisotopic (exact) mass is 222 g/mol.